The maximum Gasteiger partial charge on any atom is 0.238 e. The molecule has 0 heterocycles. The molecule has 0 amide bonds. The zero-order valence-electron chi connectivity index (χ0n) is 17.6. The molecule has 9 heteroatoms. The summed E-state index contributed by atoms with van der Waals surface area (Å²) in [6, 6.07) is 14.7. The van der Waals surface area contributed by atoms with Gasteiger partial charge in [0.25, 0.3) is 0 Å². The Labute approximate surface area is 196 Å². The number of aliphatic imine (C=N–C) groups is 1. The highest BCUT2D eigenvalue weighted by atomic mass is 127. The summed E-state index contributed by atoms with van der Waals surface area (Å²) in [6.07, 6.45) is 1.72. The number of nitrogens with one attached hydrogen (secondary N) is 2. The molecule has 0 saturated carbocycles. The summed E-state index contributed by atoms with van der Waals surface area (Å²) in [6.45, 7) is 3.68. The van der Waals surface area contributed by atoms with Gasteiger partial charge < -0.3 is 15.4 Å². The Morgan fingerprint density at radius 1 is 1.07 bits per heavy atom. The molecule has 0 aliphatic carbocycles. The van der Waals surface area contributed by atoms with Gasteiger partial charge in [-0.05, 0) is 54.2 Å². The molecule has 166 valence electrons. The van der Waals surface area contributed by atoms with E-state index in [0.29, 0.717) is 12.5 Å². The number of ether oxygens (including phenoxy) is 1. The van der Waals surface area contributed by atoms with E-state index in [-0.39, 0.29) is 28.9 Å². The molecule has 4 N–H and O–H groups in total. The zero-order valence-corrected chi connectivity index (χ0v) is 20.7. The molecular formula is C21H31IN4O3S. The zero-order chi connectivity index (χ0) is 21.3. The molecule has 30 heavy (non-hydrogen) atoms. The number of nitrogens with two attached hydrogens (primary N) is 1. The molecule has 0 fully saturated rings. The monoisotopic (exact) mass is 546 g/mol. The largest absolute Gasteiger partial charge is 0.497 e. The van der Waals surface area contributed by atoms with Gasteiger partial charge in [-0.25, -0.2) is 13.6 Å². The summed E-state index contributed by atoms with van der Waals surface area (Å²) in [5.74, 6) is 2.03. The fraction of sp³-hybridized carbons (Fsp3) is 0.381. The van der Waals surface area contributed by atoms with Gasteiger partial charge in [0.1, 0.15) is 5.75 Å². The van der Waals surface area contributed by atoms with Gasteiger partial charge in [0.2, 0.25) is 10.0 Å². The third-order valence-corrected chi connectivity index (χ3v) is 5.67. The first-order valence-electron chi connectivity index (χ1n) is 9.53. The van der Waals surface area contributed by atoms with Crippen LogP contribution in [-0.4, -0.2) is 41.6 Å². The van der Waals surface area contributed by atoms with Gasteiger partial charge in [0.15, 0.2) is 5.96 Å². The van der Waals surface area contributed by atoms with Crippen molar-refractivity contribution in [3.05, 3.63) is 59.7 Å². The van der Waals surface area contributed by atoms with E-state index in [1.807, 2.05) is 12.1 Å². The smallest absolute Gasteiger partial charge is 0.238 e. The van der Waals surface area contributed by atoms with Gasteiger partial charge in [0, 0.05) is 20.1 Å². The number of benzene rings is 2. The van der Waals surface area contributed by atoms with E-state index in [1.54, 1.807) is 26.3 Å². The van der Waals surface area contributed by atoms with Crippen LogP contribution >= 0.6 is 24.0 Å². The maximum absolute atomic E-state index is 11.3. The molecule has 1 unspecified atom stereocenters. The van der Waals surface area contributed by atoms with E-state index in [1.165, 1.54) is 17.7 Å². The van der Waals surface area contributed by atoms with Crippen molar-refractivity contribution in [2.45, 2.75) is 30.6 Å². The quantitative estimate of drug-likeness (QED) is 0.255. The molecule has 7 nitrogen and oxygen atoms in total. The van der Waals surface area contributed by atoms with E-state index < -0.39 is 10.0 Å². The molecule has 0 bridgehead atoms. The van der Waals surface area contributed by atoms with Crippen molar-refractivity contribution in [2.24, 2.45) is 10.1 Å². The lowest BCUT2D eigenvalue weighted by molar-refractivity contribution is 0.414. The van der Waals surface area contributed by atoms with Crippen molar-refractivity contribution in [3.8, 4) is 5.75 Å². The van der Waals surface area contributed by atoms with E-state index in [9.17, 15) is 8.42 Å². The normalized spacial score (nSPS) is 12.6. The van der Waals surface area contributed by atoms with Gasteiger partial charge in [-0.3, -0.25) is 4.99 Å². The Hall–Kier alpha value is -1.85. The highest BCUT2D eigenvalue weighted by Crippen LogP contribution is 2.21. The minimum atomic E-state index is -3.65. The summed E-state index contributed by atoms with van der Waals surface area (Å²) in [5.41, 5.74) is 2.30. The second kappa shape index (κ2) is 12.8. The predicted molar refractivity (Wildman–Crippen MR) is 132 cm³/mol. The molecular weight excluding hydrogens is 515 g/mol. The van der Waals surface area contributed by atoms with Crippen molar-refractivity contribution in [1.29, 1.82) is 0 Å². The van der Waals surface area contributed by atoms with Crippen LogP contribution < -0.4 is 20.5 Å². The van der Waals surface area contributed by atoms with E-state index in [4.69, 9.17) is 9.88 Å². The van der Waals surface area contributed by atoms with Crippen LogP contribution in [0.2, 0.25) is 0 Å². The Morgan fingerprint density at radius 3 is 2.20 bits per heavy atom. The molecule has 1 atom stereocenters. The molecule has 2 aromatic rings. The molecule has 0 radical (unpaired) electrons. The van der Waals surface area contributed by atoms with Gasteiger partial charge in [0.05, 0.1) is 12.0 Å². The Morgan fingerprint density at radius 2 is 1.67 bits per heavy atom. The van der Waals surface area contributed by atoms with Gasteiger partial charge >= 0.3 is 0 Å². The van der Waals surface area contributed by atoms with Crippen molar-refractivity contribution in [3.63, 3.8) is 0 Å². The predicted octanol–water partition coefficient (Wildman–Crippen LogP) is 2.86. The minimum Gasteiger partial charge on any atom is -0.497 e. The van der Waals surface area contributed by atoms with Crippen LogP contribution in [0.3, 0.4) is 0 Å². The fourth-order valence-corrected chi connectivity index (χ4v) is 3.41. The van der Waals surface area contributed by atoms with Crippen molar-refractivity contribution in [2.75, 3.05) is 27.2 Å². The summed E-state index contributed by atoms with van der Waals surface area (Å²) < 4.78 is 27.8. The molecule has 0 aliphatic rings. The number of nitrogens with zero attached hydrogens (tertiary/aromatic N) is 1. The first-order valence-corrected chi connectivity index (χ1v) is 11.1. The Kier molecular flexibility index (Phi) is 11.1. The van der Waals surface area contributed by atoms with Crippen molar-refractivity contribution in [1.82, 2.24) is 10.6 Å². The van der Waals surface area contributed by atoms with Crippen LogP contribution in [0.15, 0.2) is 58.4 Å². The molecule has 0 spiro atoms. The number of hydrogen-bond acceptors (Lipinski definition) is 4. The van der Waals surface area contributed by atoms with Crippen LogP contribution in [0.4, 0.5) is 0 Å². The van der Waals surface area contributed by atoms with Crippen LogP contribution in [0.25, 0.3) is 0 Å². The van der Waals surface area contributed by atoms with Crippen LogP contribution in [0.5, 0.6) is 5.75 Å². The molecule has 0 saturated heterocycles. The molecule has 0 aliphatic heterocycles. The highest BCUT2D eigenvalue weighted by Gasteiger charge is 2.08. The van der Waals surface area contributed by atoms with Crippen LogP contribution in [-0.2, 0) is 16.4 Å². The van der Waals surface area contributed by atoms with Gasteiger partial charge in [-0.15, -0.1) is 24.0 Å². The fourth-order valence-electron chi connectivity index (χ4n) is 2.90. The van der Waals surface area contributed by atoms with Gasteiger partial charge in [-0.2, -0.15) is 0 Å². The molecule has 0 aromatic heterocycles. The second-order valence-electron chi connectivity index (χ2n) is 6.83. The summed E-state index contributed by atoms with van der Waals surface area (Å²) >= 11 is 0. The number of halogens is 1. The standard InChI is InChI=1S/C21H30N4O3S.HI/c1-16(18-6-8-19(28-3)9-7-18)12-14-24-21(23-2)25-15-13-17-4-10-20(11-5-17)29(22,26)27;/h4-11,16H,12-15H2,1-3H3,(H2,22,26,27)(H2,23,24,25);1H. The molecule has 2 rings (SSSR count). The average molecular weight is 546 g/mol. The number of rotatable bonds is 9. The number of hydrogen-bond donors (Lipinski definition) is 3. The summed E-state index contributed by atoms with van der Waals surface area (Å²) in [4.78, 5) is 4.36. The Balaban J connectivity index is 0.00000450. The van der Waals surface area contributed by atoms with Crippen LogP contribution in [0.1, 0.15) is 30.4 Å². The summed E-state index contributed by atoms with van der Waals surface area (Å²) in [7, 11) is -0.243. The number of sulfonamides is 1. The highest BCUT2D eigenvalue weighted by molar-refractivity contribution is 14.0. The maximum atomic E-state index is 11.3. The summed E-state index contributed by atoms with van der Waals surface area (Å²) in [5, 5.41) is 11.7. The lowest BCUT2D eigenvalue weighted by atomic mass is 9.98. The second-order valence-corrected chi connectivity index (χ2v) is 8.39. The van der Waals surface area contributed by atoms with Gasteiger partial charge in [-0.1, -0.05) is 31.2 Å². The van der Waals surface area contributed by atoms with Crippen molar-refractivity contribution >= 4 is 40.0 Å². The first kappa shape index (κ1) is 26.2. The lowest BCUT2D eigenvalue weighted by Gasteiger charge is -2.15. The molecule has 2 aromatic carbocycles. The van der Waals surface area contributed by atoms with E-state index >= 15 is 0 Å². The third kappa shape index (κ3) is 8.49. The number of guanidine groups is 1. The van der Waals surface area contributed by atoms with E-state index in [2.05, 4.69) is 34.7 Å². The number of methoxy groups -OCH3 is 1. The van der Waals surface area contributed by atoms with E-state index in [0.717, 1.165) is 36.7 Å². The lowest BCUT2D eigenvalue weighted by Crippen LogP contribution is -2.39. The minimum absolute atomic E-state index is 0. The Bertz CT molecular complexity index is 901. The average Bonchev–Trinajstić information content (AvgIpc) is 2.72. The van der Waals surface area contributed by atoms with Crippen molar-refractivity contribution < 1.29 is 13.2 Å². The number of primary sulfonamides is 1. The topological polar surface area (TPSA) is 106 Å². The SMILES string of the molecule is CN=C(NCCc1ccc(S(N)(=O)=O)cc1)NCCC(C)c1ccc(OC)cc1.I. The first-order chi connectivity index (χ1) is 13.8. The van der Waals surface area contributed by atoms with Crippen LogP contribution in [0, 0.1) is 0 Å². The third-order valence-electron chi connectivity index (χ3n) is 4.74.